The van der Waals surface area contributed by atoms with Gasteiger partial charge in [0.15, 0.2) is 10.9 Å². The van der Waals surface area contributed by atoms with Crippen LogP contribution >= 0.6 is 11.3 Å². The molecule has 0 aliphatic carbocycles. The molecule has 0 radical (unpaired) electrons. The van der Waals surface area contributed by atoms with E-state index < -0.39 is 23.7 Å². The monoisotopic (exact) mass is 467 g/mol. The van der Waals surface area contributed by atoms with Crippen LogP contribution in [0.1, 0.15) is 11.3 Å². The zero-order chi connectivity index (χ0) is 23.3. The molecular formula is C20H16F3N3O5S. The number of methoxy groups -OCH3 is 1. The van der Waals surface area contributed by atoms with Crippen LogP contribution in [-0.2, 0) is 17.4 Å². The largest absolute Gasteiger partial charge is 0.497 e. The SMILES string of the molecule is COc1ccc(Oc2ccc(C(F)(F)F)cc2NC(=O)Nc2nc(CC(=O)O)cs2)cc1. The van der Waals surface area contributed by atoms with Gasteiger partial charge in [-0.1, -0.05) is 0 Å². The maximum atomic E-state index is 13.2. The summed E-state index contributed by atoms with van der Waals surface area (Å²) in [7, 11) is 1.49. The number of aliphatic carboxylic acids is 1. The van der Waals surface area contributed by atoms with E-state index in [2.05, 4.69) is 15.6 Å². The van der Waals surface area contributed by atoms with Crippen molar-refractivity contribution in [2.75, 3.05) is 17.7 Å². The van der Waals surface area contributed by atoms with Gasteiger partial charge < -0.3 is 19.9 Å². The van der Waals surface area contributed by atoms with Gasteiger partial charge in [0.25, 0.3) is 0 Å². The number of nitrogens with one attached hydrogen (secondary N) is 2. The molecule has 0 unspecified atom stereocenters. The summed E-state index contributed by atoms with van der Waals surface area (Å²) < 4.78 is 50.2. The Kier molecular flexibility index (Phi) is 6.83. The van der Waals surface area contributed by atoms with Crippen molar-refractivity contribution in [3.05, 3.63) is 59.1 Å². The molecule has 0 spiro atoms. The van der Waals surface area contributed by atoms with E-state index in [1.165, 1.54) is 12.5 Å². The number of nitrogens with zero attached hydrogens (tertiary/aromatic N) is 1. The van der Waals surface area contributed by atoms with Crippen molar-refractivity contribution in [3.8, 4) is 17.2 Å². The number of benzene rings is 2. The molecule has 0 saturated heterocycles. The molecule has 3 N–H and O–H groups in total. The van der Waals surface area contributed by atoms with Crippen LogP contribution in [-0.4, -0.2) is 29.2 Å². The summed E-state index contributed by atoms with van der Waals surface area (Å²) in [5.41, 5.74) is -0.969. The van der Waals surface area contributed by atoms with Gasteiger partial charge in [-0.05, 0) is 42.5 Å². The van der Waals surface area contributed by atoms with Crippen molar-refractivity contribution in [2.45, 2.75) is 12.6 Å². The molecule has 1 heterocycles. The third-order valence-electron chi connectivity index (χ3n) is 3.95. The molecule has 12 heteroatoms. The summed E-state index contributed by atoms with van der Waals surface area (Å²) in [5, 5.41) is 15.0. The average Bonchev–Trinajstić information content (AvgIpc) is 3.14. The summed E-state index contributed by atoms with van der Waals surface area (Å²) in [6.07, 6.45) is -4.96. The number of hydrogen-bond donors (Lipinski definition) is 3. The number of rotatable bonds is 7. The Labute approximate surface area is 183 Å². The highest BCUT2D eigenvalue weighted by molar-refractivity contribution is 7.14. The Morgan fingerprint density at radius 2 is 1.78 bits per heavy atom. The number of halogens is 3. The standard InChI is InChI=1S/C20H16F3N3O5S/c1-30-13-3-5-14(6-4-13)31-16-7-2-11(20(21,22)23)8-15(16)25-18(29)26-19-24-12(10-32-19)9-17(27)28/h2-8,10H,9H2,1H3,(H,27,28)(H2,24,25,26,29). The molecule has 8 nitrogen and oxygen atoms in total. The minimum Gasteiger partial charge on any atom is -0.497 e. The molecule has 0 atom stereocenters. The molecule has 0 fully saturated rings. The van der Waals surface area contributed by atoms with Crippen LogP contribution in [0.25, 0.3) is 0 Å². The Bertz CT molecular complexity index is 1120. The Morgan fingerprint density at radius 1 is 1.09 bits per heavy atom. The highest BCUT2D eigenvalue weighted by atomic mass is 32.1. The van der Waals surface area contributed by atoms with E-state index >= 15 is 0 Å². The number of ether oxygens (including phenoxy) is 2. The van der Waals surface area contributed by atoms with Crippen molar-refractivity contribution >= 4 is 34.2 Å². The molecule has 32 heavy (non-hydrogen) atoms. The smallest absolute Gasteiger partial charge is 0.416 e. The highest BCUT2D eigenvalue weighted by Crippen LogP contribution is 2.37. The maximum absolute atomic E-state index is 13.2. The molecule has 2 aromatic carbocycles. The molecule has 1 aromatic heterocycles. The Morgan fingerprint density at radius 3 is 2.41 bits per heavy atom. The fourth-order valence-electron chi connectivity index (χ4n) is 2.51. The van der Waals surface area contributed by atoms with Crippen molar-refractivity contribution in [3.63, 3.8) is 0 Å². The second-order valence-electron chi connectivity index (χ2n) is 6.28. The van der Waals surface area contributed by atoms with Gasteiger partial charge >= 0.3 is 18.2 Å². The second kappa shape index (κ2) is 9.56. The van der Waals surface area contributed by atoms with Crippen molar-refractivity contribution in [1.29, 1.82) is 0 Å². The van der Waals surface area contributed by atoms with Crippen LogP contribution in [0.15, 0.2) is 47.8 Å². The number of hydrogen-bond acceptors (Lipinski definition) is 6. The van der Waals surface area contributed by atoms with Gasteiger partial charge in [0.2, 0.25) is 0 Å². The summed E-state index contributed by atoms with van der Waals surface area (Å²) in [4.78, 5) is 27.0. The topological polar surface area (TPSA) is 110 Å². The molecule has 2 amide bonds. The third-order valence-corrected chi connectivity index (χ3v) is 4.75. The van der Waals surface area contributed by atoms with E-state index in [0.29, 0.717) is 11.5 Å². The van der Waals surface area contributed by atoms with E-state index in [1.54, 1.807) is 24.3 Å². The first-order valence-corrected chi connectivity index (χ1v) is 9.79. The first kappa shape index (κ1) is 22.9. The Balaban J connectivity index is 1.80. The molecule has 0 bridgehead atoms. The van der Waals surface area contributed by atoms with Gasteiger partial charge in [-0.25, -0.2) is 9.78 Å². The lowest BCUT2D eigenvalue weighted by Gasteiger charge is -2.15. The first-order chi connectivity index (χ1) is 15.1. The molecule has 3 rings (SSSR count). The van der Waals surface area contributed by atoms with Gasteiger partial charge in [0.05, 0.1) is 30.5 Å². The number of carbonyl (C=O) groups excluding carboxylic acids is 1. The van der Waals surface area contributed by atoms with E-state index in [-0.39, 0.29) is 28.7 Å². The molecule has 0 aliphatic heterocycles. The number of carboxylic acid groups (broad SMARTS) is 1. The Hall–Kier alpha value is -3.80. The van der Waals surface area contributed by atoms with Gasteiger partial charge in [0.1, 0.15) is 11.5 Å². The van der Waals surface area contributed by atoms with Crippen LogP contribution in [0.5, 0.6) is 17.2 Å². The van der Waals surface area contributed by atoms with Crippen LogP contribution in [0, 0.1) is 0 Å². The summed E-state index contributed by atoms with van der Waals surface area (Å²) in [6, 6.07) is 8.13. The number of aromatic nitrogens is 1. The molecule has 0 aliphatic rings. The minimum absolute atomic E-state index is 0.0241. The number of urea groups is 1. The average molecular weight is 467 g/mol. The number of carboxylic acids is 1. The van der Waals surface area contributed by atoms with E-state index in [0.717, 1.165) is 29.5 Å². The highest BCUT2D eigenvalue weighted by Gasteiger charge is 2.31. The van der Waals surface area contributed by atoms with Crippen LogP contribution in [0.2, 0.25) is 0 Å². The second-order valence-corrected chi connectivity index (χ2v) is 7.14. The van der Waals surface area contributed by atoms with Gasteiger partial charge in [-0.3, -0.25) is 10.1 Å². The van der Waals surface area contributed by atoms with Crippen LogP contribution < -0.4 is 20.1 Å². The molecule has 0 saturated carbocycles. The zero-order valence-electron chi connectivity index (χ0n) is 16.4. The van der Waals surface area contributed by atoms with E-state index in [1.807, 2.05) is 0 Å². The zero-order valence-corrected chi connectivity index (χ0v) is 17.2. The number of amides is 2. The molecule has 168 valence electrons. The fourth-order valence-corrected chi connectivity index (χ4v) is 3.22. The molecule has 3 aromatic rings. The van der Waals surface area contributed by atoms with Gasteiger partial charge in [0, 0.05) is 5.38 Å². The predicted molar refractivity (Wildman–Crippen MR) is 111 cm³/mol. The van der Waals surface area contributed by atoms with Crippen molar-refractivity contribution in [2.24, 2.45) is 0 Å². The fraction of sp³-hybridized carbons (Fsp3) is 0.150. The summed E-state index contributed by atoms with van der Waals surface area (Å²) in [6.45, 7) is 0. The third kappa shape index (κ3) is 6.11. The number of thiazole rings is 1. The van der Waals surface area contributed by atoms with Gasteiger partial charge in [-0.15, -0.1) is 11.3 Å². The van der Waals surface area contributed by atoms with E-state index in [9.17, 15) is 22.8 Å². The predicted octanol–water partition coefficient (Wildman–Crippen LogP) is 5.23. The summed E-state index contributed by atoms with van der Waals surface area (Å²) >= 11 is 0.979. The lowest BCUT2D eigenvalue weighted by Crippen LogP contribution is -2.20. The minimum atomic E-state index is -4.63. The van der Waals surface area contributed by atoms with Crippen molar-refractivity contribution in [1.82, 2.24) is 4.98 Å². The van der Waals surface area contributed by atoms with Crippen LogP contribution in [0.4, 0.5) is 28.8 Å². The summed E-state index contributed by atoms with van der Waals surface area (Å²) in [5.74, 6) is -0.236. The first-order valence-electron chi connectivity index (χ1n) is 8.91. The number of carbonyl (C=O) groups is 2. The lowest BCUT2D eigenvalue weighted by atomic mass is 10.1. The number of alkyl halides is 3. The van der Waals surface area contributed by atoms with Gasteiger partial charge in [-0.2, -0.15) is 13.2 Å². The molecular weight excluding hydrogens is 451 g/mol. The normalized spacial score (nSPS) is 11.0. The number of anilines is 2. The van der Waals surface area contributed by atoms with Crippen LogP contribution in [0.3, 0.4) is 0 Å². The lowest BCUT2D eigenvalue weighted by molar-refractivity contribution is -0.138. The van der Waals surface area contributed by atoms with Crippen molar-refractivity contribution < 1.29 is 37.3 Å². The maximum Gasteiger partial charge on any atom is 0.416 e. The van der Waals surface area contributed by atoms with E-state index in [4.69, 9.17) is 14.6 Å². The quantitative estimate of drug-likeness (QED) is 0.439.